The fourth-order valence-corrected chi connectivity index (χ4v) is 2.55. The highest BCUT2D eigenvalue weighted by atomic mass is 35.5. The molecule has 106 valence electrons. The standard InChI is InChI=1S/C14H15Cl2N3O/c1-3-17-12(9-6-10(15)8-11(16)7-9)13-14(20-2)19-5-4-18-13/h4-8,12,17H,3H2,1-2H3. The first-order valence-corrected chi connectivity index (χ1v) is 6.95. The van der Waals surface area contributed by atoms with E-state index < -0.39 is 0 Å². The number of nitrogens with one attached hydrogen (secondary N) is 1. The molecule has 1 aromatic heterocycles. The molecular weight excluding hydrogens is 297 g/mol. The number of methoxy groups -OCH3 is 1. The summed E-state index contributed by atoms with van der Waals surface area (Å²) < 4.78 is 5.28. The smallest absolute Gasteiger partial charge is 0.237 e. The van der Waals surface area contributed by atoms with Crippen LogP contribution in [0.2, 0.25) is 10.0 Å². The number of hydrogen-bond acceptors (Lipinski definition) is 4. The first-order valence-electron chi connectivity index (χ1n) is 6.20. The molecule has 1 heterocycles. The molecule has 1 atom stereocenters. The van der Waals surface area contributed by atoms with E-state index in [4.69, 9.17) is 27.9 Å². The van der Waals surface area contributed by atoms with Gasteiger partial charge in [0.2, 0.25) is 5.88 Å². The Balaban J connectivity index is 2.50. The second-order valence-electron chi connectivity index (χ2n) is 4.14. The molecular formula is C14H15Cl2N3O. The Hall–Kier alpha value is -1.36. The Kier molecular flexibility index (Phi) is 5.17. The van der Waals surface area contributed by atoms with Crippen LogP contribution < -0.4 is 10.1 Å². The molecule has 0 bridgehead atoms. The first kappa shape index (κ1) is 15.0. The zero-order chi connectivity index (χ0) is 14.5. The van der Waals surface area contributed by atoms with E-state index in [0.717, 1.165) is 12.1 Å². The summed E-state index contributed by atoms with van der Waals surface area (Å²) in [5.74, 6) is 0.481. The predicted molar refractivity (Wildman–Crippen MR) is 80.6 cm³/mol. The van der Waals surface area contributed by atoms with Gasteiger partial charge in [-0.1, -0.05) is 30.1 Å². The van der Waals surface area contributed by atoms with Crippen molar-refractivity contribution in [2.45, 2.75) is 13.0 Å². The van der Waals surface area contributed by atoms with E-state index in [1.165, 1.54) is 0 Å². The number of rotatable bonds is 5. The quantitative estimate of drug-likeness (QED) is 0.918. The summed E-state index contributed by atoms with van der Waals surface area (Å²) in [6.07, 6.45) is 3.23. The van der Waals surface area contributed by atoms with Crippen LogP contribution in [-0.2, 0) is 0 Å². The van der Waals surface area contributed by atoms with Gasteiger partial charge in [0, 0.05) is 22.4 Å². The van der Waals surface area contributed by atoms with Crippen molar-refractivity contribution in [3.8, 4) is 5.88 Å². The molecule has 0 aliphatic heterocycles. The normalized spacial score (nSPS) is 12.2. The molecule has 0 aliphatic carbocycles. The van der Waals surface area contributed by atoms with Crippen LogP contribution in [0.4, 0.5) is 0 Å². The average Bonchev–Trinajstić information content (AvgIpc) is 2.43. The van der Waals surface area contributed by atoms with Crippen molar-refractivity contribution in [3.05, 3.63) is 51.9 Å². The lowest BCUT2D eigenvalue weighted by atomic mass is 10.0. The van der Waals surface area contributed by atoms with Gasteiger partial charge in [0.05, 0.1) is 13.2 Å². The van der Waals surface area contributed by atoms with Gasteiger partial charge in [-0.05, 0) is 30.3 Å². The highest BCUT2D eigenvalue weighted by Crippen LogP contribution is 2.30. The summed E-state index contributed by atoms with van der Waals surface area (Å²) in [7, 11) is 1.57. The topological polar surface area (TPSA) is 47.0 Å². The Morgan fingerprint density at radius 1 is 1.15 bits per heavy atom. The summed E-state index contributed by atoms with van der Waals surface area (Å²) in [5.41, 5.74) is 1.62. The molecule has 6 heteroatoms. The molecule has 0 aliphatic rings. The van der Waals surface area contributed by atoms with E-state index in [2.05, 4.69) is 15.3 Å². The van der Waals surface area contributed by atoms with Gasteiger partial charge in [-0.15, -0.1) is 0 Å². The number of nitrogens with zero attached hydrogens (tertiary/aromatic N) is 2. The predicted octanol–water partition coefficient (Wildman–Crippen LogP) is 3.49. The van der Waals surface area contributed by atoms with Gasteiger partial charge in [0.15, 0.2) is 0 Å². The molecule has 2 aromatic rings. The van der Waals surface area contributed by atoms with E-state index >= 15 is 0 Å². The van der Waals surface area contributed by atoms with Crippen molar-refractivity contribution in [3.63, 3.8) is 0 Å². The lowest BCUT2D eigenvalue weighted by Crippen LogP contribution is -2.24. The van der Waals surface area contributed by atoms with Crippen LogP contribution in [0.3, 0.4) is 0 Å². The number of aromatic nitrogens is 2. The molecule has 0 fully saturated rings. The van der Waals surface area contributed by atoms with Crippen LogP contribution in [0, 0.1) is 0 Å². The Labute approximate surface area is 128 Å². The van der Waals surface area contributed by atoms with Gasteiger partial charge in [-0.25, -0.2) is 4.98 Å². The largest absolute Gasteiger partial charge is 0.480 e. The summed E-state index contributed by atoms with van der Waals surface area (Å²) >= 11 is 12.2. The Bertz CT molecular complexity index is 572. The van der Waals surface area contributed by atoms with Gasteiger partial charge < -0.3 is 10.1 Å². The van der Waals surface area contributed by atoms with E-state index in [1.807, 2.05) is 19.1 Å². The molecule has 0 spiro atoms. The van der Waals surface area contributed by atoms with Crippen LogP contribution in [0.15, 0.2) is 30.6 Å². The van der Waals surface area contributed by atoms with Crippen LogP contribution in [0.1, 0.15) is 24.2 Å². The van der Waals surface area contributed by atoms with Crippen LogP contribution in [0.25, 0.3) is 0 Å². The minimum Gasteiger partial charge on any atom is -0.480 e. The van der Waals surface area contributed by atoms with E-state index in [-0.39, 0.29) is 6.04 Å². The lowest BCUT2D eigenvalue weighted by molar-refractivity contribution is 0.383. The Morgan fingerprint density at radius 3 is 2.40 bits per heavy atom. The number of hydrogen-bond donors (Lipinski definition) is 1. The highest BCUT2D eigenvalue weighted by molar-refractivity contribution is 6.34. The summed E-state index contributed by atoms with van der Waals surface area (Å²) in [4.78, 5) is 8.55. The molecule has 0 saturated carbocycles. The molecule has 2 rings (SSSR count). The Morgan fingerprint density at radius 2 is 1.80 bits per heavy atom. The van der Waals surface area contributed by atoms with E-state index in [9.17, 15) is 0 Å². The van der Waals surface area contributed by atoms with Crippen LogP contribution in [-0.4, -0.2) is 23.6 Å². The molecule has 0 radical (unpaired) electrons. The fourth-order valence-electron chi connectivity index (χ4n) is 2.01. The third kappa shape index (κ3) is 3.39. The van der Waals surface area contributed by atoms with Crippen LogP contribution in [0.5, 0.6) is 5.88 Å². The van der Waals surface area contributed by atoms with Crippen molar-refractivity contribution < 1.29 is 4.74 Å². The third-order valence-electron chi connectivity index (χ3n) is 2.78. The molecule has 4 nitrogen and oxygen atoms in total. The van der Waals surface area contributed by atoms with Crippen LogP contribution >= 0.6 is 23.2 Å². The van der Waals surface area contributed by atoms with Gasteiger partial charge in [-0.2, -0.15) is 0 Å². The maximum Gasteiger partial charge on any atom is 0.237 e. The monoisotopic (exact) mass is 311 g/mol. The molecule has 0 saturated heterocycles. The second kappa shape index (κ2) is 6.88. The fraction of sp³-hybridized carbons (Fsp3) is 0.286. The molecule has 1 N–H and O–H groups in total. The van der Waals surface area contributed by atoms with Crippen molar-refractivity contribution in [1.29, 1.82) is 0 Å². The summed E-state index contributed by atoms with van der Waals surface area (Å²) in [5, 5.41) is 4.51. The van der Waals surface area contributed by atoms with Gasteiger partial charge in [0.1, 0.15) is 5.69 Å². The SMILES string of the molecule is CCNC(c1cc(Cl)cc(Cl)c1)c1nccnc1OC. The minimum absolute atomic E-state index is 0.181. The van der Waals surface area contributed by atoms with Crippen molar-refractivity contribution in [2.24, 2.45) is 0 Å². The molecule has 0 amide bonds. The average molecular weight is 312 g/mol. The van der Waals surface area contributed by atoms with E-state index in [1.54, 1.807) is 25.6 Å². The molecule has 1 unspecified atom stereocenters. The van der Waals surface area contributed by atoms with Gasteiger partial charge in [-0.3, -0.25) is 4.98 Å². The van der Waals surface area contributed by atoms with Gasteiger partial charge >= 0.3 is 0 Å². The van der Waals surface area contributed by atoms with Crippen molar-refractivity contribution in [2.75, 3.05) is 13.7 Å². The number of halogens is 2. The number of ether oxygens (including phenoxy) is 1. The zero-order valence-electron chi connectivity index (χ0n) is 11.2. The first-order chi connectivity index (χ1) is 9.65. The second-order valence-corrected chi connectivity index (χ2v) is 5.02. The zero-order valence-corrected chi connectivity index (χ0v) is 12.7. The van der Waals surface area contributed by atoms with Gasteiger partial charge in [0.25, 0.3) is 0 Å². The van der Waals surface area contributed by atoms with Crippen molar-refractivity contribution in [1.82, 2.24) is 15.3 Å². The summed E-state index contributed by atoms with van der Waals surface area (Å²) in [6.45, 7) is 2.77. The number of benzene rings is 1. The maximum atomic E-state index is 6.08. The minimum atomic E-state index is -0.181. The third-order valence-corrected chi connectivity index (χ3v) is 3.22. The van der Waals surface area contributed by atoms with E-state index in [0.29, 0.717) is 21.6 Å². The maximum absolute atomic E-state index is 6.08. The van der Waals surface area contributed by atoms with Crippen molar-refractivity contribution >= 4 is 23.2 Å². The summed E-state index contributed by atoms with van der Waals surface area (Å²) in [6, 6.07) is 5.23. The lowest BCUT2D eigenvalue weighted by Gasteiger charge is -2.19. The molecule has 1 aromatic carbocycles. The highest BCUT2D eigenvalue weighted by Gasteiger charge is 2.20. The molecule has 20 heavy (non-hydrogen) atoms.